The highest BCUT2D eigenvalue weighted by atomic mass is 19.4. The molecule has 1 atom stereocenters. The number of alkyl halides is 3. The second kappa shape index (κ2) is 8.26. The number of benzene rings is 1. The highest BCUT2D eigenvalue weighted by Crippen LogP contribution is 2.37. The minimum atomic E-state index is -4.64. The van der Waals surface area contributed by atoms with E-state index in [1.165, 1.54) is 25.3 Å². The van der Waals surface area contributed by atoms with Gasteiger partial charge in [0.2, 0.25) is 5.88 Å². The summed E-state index contributed by atoms with van der Waals surface area (Å²) in [5.74, 6) is -1.94. The predicted molar refractivity (Wildman–Crippen MR) is 92.5 cm³/mol. The van der Waals surface area contributed by atoms with E-state index in [9.17, 15) is 23.1 Å². The van der Waals surface area contributed by atoms with Crippen LogP contribution in [0.15, 0.2) is 36.5 Å². The van der Waals surface area contributed by atoms with Gasteiger partial charge < -0.3 is 19.5 Å². The molecule has 0 fully saturated rings. The lowest BCUT2D eigenvalue weighted by atomic mass is 10.1. The summed E-state index contributed by atoms with van der Waals surface area (Å²) in [4.78, 5) is 16.9. The van der Waals surface area contributed by atoms with Gasteiger partial charge in [-0.3, -0.25) is 0 Å². The van der Waals surface area contributed by atoms with Crippen molar-refractivity contribution in [2.24, 2.45) is 0 Å². The molecule has 2 aromatic rings. The summed E-state index contributed by atoms with van der Waals surface area (Å²) in [6.45, 7) is 2.22. The summed E-state index contributed by atoms with van der Waals surface area (Å²) in [5, 5.41) is 9.49. The lowest BCUT2D eigenvalue weighted by Crippen LogP contribution is -2.33. The van der Waals surface area contributed by atoms with Crippen molar-refractivity contribution < 1.29 is 32.5 Å². The Morgan fingerprint density at radius 3 is 2.63 bits per heavy atom. The molecule has 146 valence electrons. The normalized spacial score (nSPS) is 12.5. The van der Waals surface area contributed by atoms with Crippen molar-refractivity contribution in [3.63, 3.8) is 0 Å². The number of hydrogen-bond donors (Lipinski definition) is 1. The molecular weight excluding hydrogens is 365 g/mol. The maximum atomic E-state index is 13.1. The predicted octanol–water partition coefficient (Wildman–Crippen LogP) is 4.06. The zero-order valence-corrected chi connectivity index (χ0v) is 14.9. The zero-order chi connectivity index (χ0) is 20.2. The highest BCUT2D eigenvalue weighted by molar-refractivity contribution is 5.95. The number of aromatic carboxylic acids is 1. The van der Waals surface area contributed by atoms with Gasteiger partial charge in [0, 0.05) is 26.4 Å². The van der Waals surface area contributed by atoms with E-state index in [0.717, 1.165) is 18.3 Å². The minimum absolute atomic E-state index is 0.0619. The summed E-state index contributed by atoms with van der Waals surface area (Å²) in [6.07, 6.45) is -3.48. The molecule has 0 amide bonds. The van der Waals surface area contributed by atoms with Gasteiger partial charge in [-0.25, -0.2) is 9.78 Å². The number of aromatic nitrogens is 1. The van der Waals surface area contributed by atoms with Crippen LogP contribution in [0.1, 0.15) is 22.8 Å². The molecule has 0 spiro atoms. The van der Waals surface area contributed by atoms with E-state index >= 15 is 0 Å². The second-order valence-electron chi connectivity index (χ2n) is 5.86. The number of methoxy groups -OCH3 is 1. The molecule has 1 N–H and O–H groups in total. The summed E-state index contributed by atoms with van der Waals surface area (Å²) in [6, 6.07) is 5.91. The van der Waals surface area contributed by atoms with Crippen LogP contribution in [0, 0.1) is 0 Å². The van der Waals surface area contributed by atoms with Crippen LogP contribution >= 0.6 is 0 Å². The van der Waals surface area contributed by atoms with Crippen molar-refractivity contribution in [1.29, 1.82) is 0 Å². The van der Waals surface area contributed by atoms with E-state index in [0.29, 0.717) is 12.3 Å². The van der Waals surface area contributed by atoms with Crippen molar-refractivity contribution in [1.82, 2.24) is 4.98 Å². The van der Waals surface area contributed by atoms with Crippen LogP contribution in [0.4, 0.5) is 18.9 Å². The van der Waals surface area contributed by atoms with Gasteiger partial charge in [-0.15, -0.1) is 0 Å². The number of likely N-dealkylation sites (N-methyl/N-ethyl adjacent to an activating group) is 1. The average molecular weight is 384 g/mol. The molecule has 0 bridgehead atoms. The third-order valence-corrected chi connectivity index (χ3v) is 3.94. The number of carboxylic acids is 1. The first-order chi connectivity index (χ1) is 12.6. The average Bonchev–Trinajstić information content (AvgIpc) is 2.60. The first kappa shape index (κ1) is 20.5. The number of pyridine rings is 1. The molecule has 0 aliphatic heterocycles. The number of ether oxygens (including phenoxy) is 2. The Bertz CT molecular complexity index is 811. The smallest absolute Gasteiger partial charge is 0.421 e. The van der Waals surface area contributed by atoms with Crippen LogP contribution in [0.5, 0.6) is 11.6 Å². The van der Waals surface area contributed by atoms with Crippen LogP contribution in [0.3, 0.4) is 0 Å². The Hall–Kier alpha value is -2.81. The molecule has 0 radical (unpaired) electrons. The summed E-state index contributed by atoms with van der Waals surface area (Å²) >= 11 is 0. The molecule has 9 heteroatoms. The fourth-order valence-corrected chi connectivity index (χ4v) is 2.45. The van der Waals surface area contributed by atoms with Crippen LogP contribution in [-0.2, 0) is 10.9 Å². The Morgan fingerprint density at radius 1 is 1.33 bits per heavy atom. The van der Waals surface area contributed by atoms with Gasteiger partial charge in [-0.2, -0.15) is 13.2 Å². The molecule has 0 saturated heterocycles. The quantitative estimate of drug-likeness (QED) is 0.776. The standard InChI is InChI=1S/C18H19F3N2O4/c1-11(10-26-3)23(2)15-7-6-12(9-13(15)17(24)25)27-16-14(18(19,20)21)5-4-8-22-16/h4-9,11H,10H2,1-3H3,(H,24,25). The number of hydrogen-bond acceptors (Lipinski definition) is 5. The number of anilines is 1. The zero-order valence-electron chi connectivity index (χ0n) is 14.9. The summed E-state index contributed by atoms with van der Waals surface area (Å²) < 4.78 is 49.5. The summed E-state index contributed by atoms with van der Waals surface area (Å²) in [5.41, 5.74) is -0.768. The van der Waals surface area contributed by atoms with E-state index in [1.807, 2.05) is 6.92 Å². The van der Waals surface area contributed by atoms with Crippen molar-refractivity contribution in [2.75, 3.05) is 25.7 Å². The lowest BCUT2D eigenvalue weighted by Gasteiger charge is -2.28. The first-order valence-electron chi connectivity index (χ1n) is 7.94. The van der Waals surface area contributed by atoms with Crippen molar-refractivity contribution in [2.45, 2.75) is 19.1 Å². The van der Waals surface area contributed by atoms with Gasteiger partial charge >= 0.3 is 12.1 Å². The van der Waals surface area contributed by atoms with Crippen LogP contribution in [0.25, 0.3) is 0 Å². The van der Waals surface area contributed by atoms with Crippen LogP contribution < -0.4 is 9.64 Å². The number of halogens is 3. The van der Waals surface area contributed by atoms with E-state index in [-0.39, 0.29) is 17.4 Å². The molecule has 1 aromatic heterocycles. The number of carboxylic acid groups (broad SMARTS) is 1. The Kier molecular flexibility index (Phi) is 6.27. The lowest BCUT2D eigenvalue weighted by molar-refractivity contribution is -0.138. The Balaban J connectivity index is 2.39. The molecule has 0 aliphatic rings. The van der Waals surface area contributed by atoms with Gasteiger partial charge in [0.25, 0.3) is 0 Å². The number of carbonyl (C=O) groups is 1. The van der Waals surface area contributed by atoms with Crippen LogP contribution in [-0.4, -0.2) is 42.9 Å². The number of nitrogens with zero attached hydrogens (tertiary/aromatic N) is 2. The number of rotatable bonds is 7. The van der Waals surface area contributed by atoms with Crippen molar-refractivity contribution in [3.8, 4) is 11.6 Å². The largest absolute Gasteiger partial charge is 0.478 e. The van der Waals surface area contributed by atoms with Gasteiger partial charge in [-0.1, -0.05) is 0 Å². The van der Waals surface area contributed by atoms with Gasteiger partial charge in [0.05, 0.1) is 17.9 Å². The Labute approximate surface area is 154 Å². The van der Waals surface area contributed by atoms with Crippen LogP contribution in [0.2, 0.25) is 0 Å². The topological polar surface area (TPSA) is 71.9 Å². The van der Waals surface area contributed by atoms with E-state index in [2.05, 4.69) is 4.98 Å². The van der Waals surface area contributed by atoms with E-state index in [4.69, 9.17) is 9.47 Å². The molecule has 27 heavy (non-hydrogen) atoms. The molecule has 1 aromatic carbocycles. The Morgan fingerprint density at radius 2 is 2.04 bits per heavy atom. The van der Waals surface area contributed by atoms with Gasteiger partial charge in [0.1, 0.15) is 11.3 Å². The molecule has 1 unspecified atom stereocenters. The second-order valence-corrected chi connectivity index (χ2v) is 5.86. The SMILES string of the molecule is COCC(C)N(C)c1ccc(Oc2ncccc2C(F)(F)F)cc1C(=O)O. The maximum absolute atomic E-state index is 13.1. The fourth-order valence-electron chi connectivity index (χ4n) is 2.45. The van der Waals surface area contributed by atoms with E-state index in [1.54, 1.807) is 11.9 Å². The fraction of sp³-hybridized carbons (Fsp3) is 0.333. The molecule has 0 saturated carbocycles. The summed E-state index contributed by atoms with van der Waals surface area (Å²) in [7, 11) is 3.23. The minimum Gasteiger partial charge on any atom is -0.478 e. The van der Waals surface area contributed by atoms with Gasteiger partial charge in [-0.05, 0) is 37.3 Å². The van der Waals surface area contributed by atoms with Crippen molar-refractivity contribution >= 4 is 11.7 Å². The highest BCUT2D eigenvalue weighted by Gasteiger charge is 2.35. The third kappa shape index (κ3) is 4.88. The van der Waals surface area contributed by atoms with E-state index < -0.39 is 23.6 Å². The molecular formula is C18H19F3N2O4. The van der Waals surface area contributed by atoms with Gasteiger partial charge in [0.15, 0.2) is 0 Å². The third-order valence-electron chi connectivity index (χ3n) is 3.94. The molecule has 6 nitrogen and oxygen atoms in total. The maximum Gasteiger partial charge on any atom is 0.421 e. The molecule has 2 rings (SSSR count). The molecule has 1 heterocycles. The van der Waals surface area contributed by atoms with Crippen molar-refractivity contribution in [3.05, 3.63) is 47.7 Å². The monoisotopic (exact) mass is 384 g/mol. The first-order valence-corrected chi connectivity index (χ1v) is 7.94. The molecule has 0 aliphatic carbocycles.